The fourth-order valence-corrected chi connectivity index (χ4v) is 2.79. The Labute approximate surface area is 150 Å². The number of nitrogens with one attached hydrogen (secondary N) is 1. The summed E-state index contributed by atoms with van der Waals surface area (Å²) < 4.78 is 39.7. The van der Waals surface area contributed by atoms with Crippen LogP contribution in [0.5, 0.6) is 5.75 Å². The van der Waals surface area contributed by atoms with E-state index >= 15 is 0 Å². The summed E-state index contributed by atoms with van der Waals surface area (Å²) >= 11 is 0. The molecule has 2 rings (SSSR count). The number of aromatic nitrogens is 1. The molecule has 22 heavy (non-hydrogen) atoms. The second kappa shape index (κ2) is 7.47. The summed E-state index contributed by atoms with van der Waals surface area (Å²) in [7, 11) is -3.13. The molecule has 0 saturated heterocycles. The number of amides is 1. The van der Waals surface area contributed by atoms with Gasteiger partial charge in [0.25, 0.3) is 0 Å². The number of carbonyl (C=O) groups excluding carboxylic acids is 1. The second-order valence-corrected chi connectivity index (χ2v) is 5.77. The Morgan fingerprint density at radius 1 is 1.41 bits per heavy atom. The minimum absolute atomic E-state index is 0. The van der Waals surface area contributed by atoms with Crippen LogP contribution in [0.3, 0.4) is 0 Å². The van der Waals surface area contributed by atoms with Crippen LogP contribution in [-0.2, 0) is 21.5 Å². The van der Waals surface area contributed by atoms with E-state index in [0.717, 1.165) is 0 Å². The predicted octanol–water partition coefficient (Wildman–Crippen LogP) is -2.36. The molecule has 1 aromatic heterocycles. The molecule has 0 fully saturated rings. The van der Waals surface area contributed by atoms with Crippen molar-refractivity contribution in [3.8, 4) is 5.75 Å². The quantitative estimate of drug-likeness (QED) is 0.487. The van der Waals surface area contributed by atoms with Gasteiger partial charge in [0.2, 0.25) is 5.91 Å². The SMILES string of the molecule is COc1ccc2c(c1)c(CCNC(C)=O)cn2S(=O)(=O)[O-].[Na+]. The standard InChI is InChI=1S/C13H16N2O5S.Na/c1-9(16)14-6-5-10-8-15(21(17,18)19)13-4-3-11(20-2)7-12(10)13;/h3-4,7-8H,5-6H2,1-2H3,(H,14,16)(H,17,18,19);/q;+1/p-1. The monoisotopic (exact) mass is 334 g/mol. The molecule has 1 amide bonds. The van der Waals surface area contributed by atoms with Crippen LogP contribution < -0.4 is 39.6 Å². The fourth-order valence-electron chi connectivity index (χ4n) is 2.13. The first-order valence-corrected chi connectivity index (χ1v) is 7.58. The molecule has 7 nitrogen and oxygen atoms in total. The van der Waals surface area contributed by atoms with Crippen LogP contribution in [0.4, 0.5) is 0 Å². The molecule has 0 saturated carbocycles. The third-order valence-corrected chi connectivity index (χ3v) is 3.85. The number of ether oxygens (including phenoxy) is 1. The van der Waals surface area contributed by atoms with E-state index in [1.807, 2.05) is 0 Å². The van der Waals surface area contributed by atoms with E-state index in [1.165, 1.54) is 26.3 Å². The van der Waals surface area contributed by atoms with Crippen molar-refractivity contribution in [3.05, 3.63) is 30.0 Å². The van der Waals surface area contributed by atoms with Crippen molar-refractivity contribution in [2.75, 3.05) is 13.7 Å². The first-order chi connectivity index (χ1) is 9.82. The molecule has 0 spiro atoms. The summed E-state index contributed by atoms with van der Waals surface area (Å²) in [4.78, 5) is 10.9. The predicted molar refractivity (Wildman–Crippen MR) is 76.0 cm³/mol. The van der Waals surface area contributed by atoms with Crippen molar-refractivity contribution < 1.29 is 52.1 Å². The zero-order valence-electron chi connectivity index (χ0n) is 12.6. The van der Waals surface area contributed by atoms with Crippen molar-refractivity contribution in [2.24, 2.45) is 0 Å². The van der Waals surface area contributed by atoms with Crippen molar-refractivity contribution in [1.82, 2.24) is 9.29 Å². The number of rotatable bonds is 5. The fraction of sp³-hybridized carbons (Fsp3) is 0.308. The molecule has 0 unspecified atom stereocenters. The topological polar surface area (TPSA) is 100 Å². The first kappa shape index (κ1) is 19.0. The van der Waals surface area contributed by atoms with Crippen LogP contribution in [0, 0.1) is 0 Å². The van der Waals surface area contributed by atoms with Gasteiger partial charge in [-0.2, -0.15) is 0 Å². The molecular formula is C13H15N2NaO5S. The Morgan fingerprint density at radius 2 is 2.09 bits per heavy atom. The minimum Gasteiger partial charge on any atom is -0.731 e. The Bertz CT molecular complexity index is 785. The summed E-state index contributed by atoms with van der Waals surface area (Å²) in [6.45, 7) is 1.75. The Hall–Kier alpha value is -1.06. The van der Waals surface area contributed by atoms with Gasteiger partial charge in [0.05, 0.1) is 12.6 Å². The van der Waals surface area contributed by atoms with Gasteiger partial charge >= 0.3 is 29.6 Å². The van der Waals surface area contributed by atoms with Crippen LogP contribution in [0.2, 0.25) is 0 Å². The van der Waals surface area contributed by atoms with E-state index in [4.69, 9.17) is 4.74 Å². The number of hydrogen-bond acceptors (Lipinski definition) is 5. The van der Waals surface area contributed by atoms with Gasteiger partial charge in [-0.1, -0.05) is 0 Å². The van der Waals surface area contributed by atoms with Crippen LogP contribution in [0.1, 0.15) is 12.5 Å². The summed E-state index contributed by atoms with van der Waals surface area (Å²) in [6.07, 6.45) is 1.69. The Morgan fingerprint density at radius 3 is 2.64 bits per heavy atom. The number of benzene rings is 1. The number of methoxy groups -OCH3 is 1. The molecule has 0 bridgehead atoms. The van der Waals surface area contributed by atoms with E-state index in [9.17, 15) is 17.8 Å². The largest absolute Gasteiger partial charge is 1.00 e. The molecule has 2 aromatic rings. The summed E-state index contributed by atoms with van der Waals surface area (Å²) in [5.41, 5.74) is 0.945. The Balaban J connectivity index is 0.00000242. The van der Waals surface area contributed by atoms with Crippen molar-refractivity contribution in [3.63, 3.8) is 0 Å². The minimum atomic E-state index is -4.63. The number of fused-ring (bicyclic) bond motifs is 1. The number of nitrogens with zero attached hydrogens (tertiary/aromatic N) is 1. The third-order valence-electron chi connectivity index (χ3n) is 3.07. The second-order valence-electron chi connectivity index (χ2n) is 4.52. The van der Waals surface area contributed by atoms with Gasteiger partial charge in [-0.25, -0.2) is 8.42 Å². The molecule has 0 aliphatic carbocycles. The van der Waals surface area contributed by atoms with Crippen LogP contribution in [0.15, 0.2) is 24.4 Å². The maximum absolute atomic E-state index is 11.3. The molecule has 0 aliphatic heterocycles. The van der Waals surface area contributed by atoms with Gasteiger partial charge in [-0.15, -0.1) is 0 Å². The van der Waals surface area contributed by atoms with Gasteiger partial charge < -0.3 is 14.6 Å². The Kier molecular flexibility index (Phi) is 6.45. The molecule has 114 valence electrons. The molecule has 1 N–H and O–H groups in total. The van der Waals surface area contributed by atoms with Gasteiger partial charge in [0.1, 0.15) is 5.75 Å². The smallest absolute Gasteiger partial charge is 0.731 e. The molecule has 9 heteroatoms. The van der Waals surface area contributed by atoms with Gasteiger partial charge in [-0.05, 0) is 30.2 Å². The van der Waals surface area contributed by atoms with Crippen LogP contribution >= 0.6 is 0 Å². The molecule has 1 heterocycles. The molecule has 0 radical (unpaired) electrons. The van der Waals surface area contributed by atoms with Gasteiger partial charge in [0, 0.05) is 25.1 Å². The van der Waals surface area contributed by atoms with Gasteiger partial charge in [0.15, 0.2) is 10.3 Å². The number of carbonyl (C=O) groups is 1. The molecular weight excluding hydrogens is 319 g/mol. The average Bonchev–Trinajstić information content (AvgIpc) is 2.76. The van der Waals surface area contributed by atoms with E-state index < -0.39 is 10.3 Å². The van der Waals surface area contributed by atoms with Gasteiger partial charge in [-0.3, -0.25) is 8.77 Å². The van der Waals surface area contributed by atoms with E-state index in [1.54, 1.807) is 12.1 Å². The zero-order chi connectivity index (χ0) is 15.6. The summed E-state index contributed by atoms with van der Waals surface area (Å²) in [6, 6.07) is 4.77. The van der Waals surface area contributed by atoms with E-state index in [2.05, 4.69) is 5.32 Å². The van der Waals surface area contributed by atoms with Crippen LogP contribution in [-0.4, -0.2) is 36.5 Å². The first-order valence-electron chi connectivity index (χ1n) is 6.21. The van der Waals surface area contributed by atoms with E-state index in [0.29, 0.717) is 39.2 Å². The zero-order valence-corrected chi connectivity index (χ0v) is 15.4. The summed E-state index contributed by atoms with van der Waals surface area (Å²) in [5, 5.41) is 3.24. The molecule has 0 aliphatic rings. The normalized spacial score (nSPS) is 11.0. The summed E-state index contributed by atoms with van der Waals surface area (Å²) in [5.74, 6) is 0.386. The maximum Gasteiger partial charge on any atom is 1.00 e. The van der Waals surface area contributed by atoms with Crippen molar-refractivity contribution >= 4 is 27.1 Å². The molecule has 1 aromatic carbocycles. The molecule has 0 atom stereocenters. The maximum atomic E-state index is 11.3. The van der Waals surface area contributed by atoms with E-state index in [-0.39, 0.29) is 35.5 Å². The van der Waals surface area contributed by atoms with Crippen molar-refractivity contribution in [2.45, 2.75) is 13.3 Å². The van der Waals surface area contributed by atoms with Crippen molar-refractivity contribution in [1.29, 1.82) is 0 Å². The third kappa shape index (κ3) is 4.23. The number of hydrogen-bond donors (Lipinski definition) is 1. The average molecular weight is 334 g/mol. The van der Waals surface area contributed by atoms with Crippen LogP contribution in [0.25, 0.3) is 10.9 Å².